The monoisotopic (exact) mass is 896 g/mol. The van der Waals surface area contributed by atoms with Crippen LogP contribution in [0.5, 0.6) is 0 Å². The number of nitrogens with zero attached hydrogens (tertiary/aromatic N) is 4. The number of anilines is 2. The summed E-state index contributed by atoms with van der Waals surface area (Å²) in [5, 5.41) is 11.6. The summed E-state index contributed by atoms with van der Waals surface area (Å²) >= 11 is 0. The van der Waals surface area contributed by atoms with Gasteiger partial charge in [-0.15, -0.1) is 0 Å². The fourth-order valence-electron chi connectivity index (χ4n) is 9.84. The molecule has 0 radical (unpaired) electrons. The number of benzene rings is 3. The molecular weight excluding hydrogens is 837 g/mol. The van der Waals surface area contributed by atoms with E-state index in [9.17, 15) is 33.6 Å². The molecule has 66 heavy (non-hydrogen) atoms. The summed E-state index contributed by atoms with van der Waals surface area (Å²) in [6, 6.07) is 23.6. The number of carbonyl (C=O) groups is 7. The van der Waals surface area contributed by atoms with E-state index in [0.29, 0.717) is 36.5 Å². The molecule has 4 heterocycles. The van der Waals surface area contributed by atoms with Crippen LogP contribution in [-0.4, -0.2) is 93.8 Å². The Kier molecular flexibility index (Phi) is 14.1. The first-order chi connectivity index (χ1) is 31.9. The number of imide groups is 2. The predicted molar refractivity (Wildman–Crippen MR) is 250 cm³/mol. The van der Waals surface area contributed by atoms with Crippen molar-refractivity contribution in [3.05, 3.63) is 118 Å². The minimum atomic E-state index is -0.993. The summed E-state index contributed by atoms with van der Waals surface area (Å²) < 4.78 is 2.19. The van der Waals surface area contributed by atoms with E-state index in [4.69, 9.17) is 0 Å². The lowest BCUT2D eigenvalue weighted by molar-refractivity contribution is -0.136. The van der Waals surface area contributed by atoms with E-state index in [1.165, 1.54) is 11.3 Å². The Morgan fingerprint density at radius 2 is 1.50 bits per heavy atom. The van der Waals surface area contributed by atoms with Crippen LogP contribution in [0.25, 0.3) is 0 Å². The molecule has 3 aromatic carbocycles. The molecule has 3 aliphatic heterocycles. The summed E-state index contributed by atoms with van der Waals surface area (Å²) in [5.41, 5.74) is 6.40. The van der Waals surface area contributed by atoms with E-state index in [0.717, 1.165) is 100.0 Å². The number of hydrogen-bond donors (Lipinski definition) is 4. The van der Waals surface area contributed by atoms with E-state index in [1.54, 1.807) is 37.2 Å². The third-order valence-corrected chi connectivity index (χ3v) is 13.6. The van der Waals surface area contributed by atoms with Crippen molar-refractivity contribution in [2.75, 3.05) is 37.8 Å². The number of carbonyl (C=O) groups excluding carboxylic acids is 7. The standard InChI is InChI=1S/C51H60N8O7/c1-56(2)48(64)36-19-15-35(16-20-36)33-57-30-31-58-40(23-25-42(58)51(57)27-11-28-51)46(62)53-32-34-17-21-37(22-18-34)54-43(60)14-8-6-4-3-5-7-9-29-52-39-13-10-12-38-45(39)50(66)59(49(38)65)41-24-26-44(61)55-47(41)63/h10,12-13,15-23,25,41,52H,3-9,11,14,24,26-33H2,1-2H3,(H,53,62)(H,54,60)(H,55,61,63). The lowest BCUT2D eigenvalue weighted by atomic mass is 9.71. The summed E-state index contributed by atoms with van der Waals surface area (Å²) in [6.07, 6.45) is 10.7. The molecule has 1 aromatic heterocycles. The number of aromatic nitrogens is 1. The van der Waals surface area contributed by atoms with Gasteiger partial charge in [0.1, 0.15) is 11.7 Å². The summed E-state index contributed by atoms with van der Waals surface area (Å²) in [4.78, 5) is 94.1. The third-order valence-electron chi connectivity index (χ3n) is 13.6. The maximum Gasteiger partial charge on any atom is 0.268 e. The van der Waals surface area contributed by atoms with Gasteiger partial charge in [-0.2, -0.15) is 0 Å². The van der Waals surface area contributed by atoms with Crippen molar-refractivity contribution in [1.82, 2.24) is 29.9 Å². The molecule has 4 N–H and O–H groups in total. The van der Waals surface area contributed by atoms with Crippen molar-refractivity contribution in [1.29, 1.82) is 0 Å². The van der Waals surface area contributed by atoms with E-state index in [-0.39, 0.29) is 47.2 Å². The van der Waals surface area contributed by atoms with Crippen molar-refractivity contribution < 1.29 is 33.6 Å². The van der Waals surface area contributed by atoms with Crippen LogP contribution in [0.2, 0.25) is 0 Å². The molecule has 1 spiro atoms. The zero-order chi connectivity index (χ0) is 46.4. The summed E-state index contributed by atoms with van der Waals surface area (Å²) in [7, 11) is 3.52. The molecule has 15 heteroatoms. The molecule has 0 bridgehead atoms. The Morgan fingerprint density at radius 1 is 0.788 bits per heavy atom. The molecular formula is C51H60N8O7. The molecule has 346 valence electrons. The molecule has 8 rings (SSSR count). The Bertz CT molecular complexity index is 2490. The van der Waals surface area contributed by atoms with Crippen LogP contribution in [0.3, 0.4) is 0 Å². The first kappa shape index (κ1) is 45.9. The van der Waals surface area contributed by atoms with Gasteiger partial charge in [0.25, 0.3) is 23.6 Å². The first-order valence-electron chi connectivity index (χ1n) is 23.4. The van der Waals surface area contributed by atoms with Crippen LogP contribution >= 0.6 is 0 Å². The normalized spacial score (nSPS) is 17.5. The maximum atomic E-state index is 13.5. The number of rotatable bonds is 19. The molecule has 15 nitrogen and oxygen atoms in total. The van der Waals surface area contributed by atoms with Gasteiger partial charge < -0.3 is 25.4 Å². The largest absolute Gasteiger partial charge is 0.384 e. The number of nitrogens with one attached hydrogen (secondary N) is 4. The minimum Gasteiger partial charge on any atom is -0.384 e. The van der Waals surface area contributed by atoms with Gasteiger partial charge in [0, 0.05) is 82.3 Å². The number of unbranched alkanes of at least 4 members (excludes halogenated alkanes) is 6. The molecule has 7 amide bonds. The molecule has 1 atom stereocenters. The lowest BCUT2D eigenvalue weighted by Gasteiger charge is -2.53. The van der Waals surface area contributed by atoms with E-state index in [1.807, 2.05) is 54.6 Å². The van der Waals surface area contributed by atoms with Crippen molar-refractivity contribution >= 4 is 52.7 Å². The van der Waals surface area contributed by atoms with Crippen molar-refractivity contribution in [2.45, 2.75) is 115 Å². The average Bonchev–Trinajstić information content (AvgIpc) is 3.84. The van der Waals surface area contributed by atoms with Gasteiger partial charge in [-0.1, -0.05) is 62.4 Å². The van der Waals surface area contributed by atoms with Gasteiger partial charge in [0.05, 0.1) is 16.7 Å². The number of fused-ring (bicyclic) bond motifs is 3. The summed E-state index contributed by atoms with van der Waals surface area (Å²) in [6.45, 7) is 3.35. The molecule has 1 aliphatic carbocycles. The topological polar surface area (TPSA) is 182 Å². The van der Waals surface area contributed by atoms with Crippen molar-refractivity contribution in [3.8, 4) is 0 Å². The Hall–Kier alpha value is -6.61. The highest BCUT2D eigenvalue weighted by molar-refractivity contribution is 6.25. The lowest BCUT2D eigenvalue weighted by Crippen LogP contribution is -2.56. The maximum absolute atomic E-state index is 13.5. The van der Waals surface area contributed by atoms with Crippen LogP contribution in [0, 0.1) is 0 Å². The van der Waals surface area contributed by atoms with Crippen molar-refractivity contribution in [2.24, 2.45) is 0 Å². The zero-order valence-electron chi connectivity index (χ0n) is 38.0. The quantitative estimate of drug-likeness (QED) is 0.0597. The van der Waals surface area contributed by atoms with Crippen LogP contribution in [0.15, 0.2) is 78.9 Å². The molecule has 2 fully saturated rings. The predicted octanol–water partition coefficient (Wildman–Crippen LogP) is 6.59. The third kappa shape index (κ3) is 9.81. The highest BCUT2D eigenvalue weighted by atomic mass is 16.2. The average molecular weight is 897 g/mol. The zero-order valence-corrected chi connectivity index (χ0v) is 38.0. The first-order valence-corrected chi connectivity index (χ1v) is 23.4. The number of hydrogen-bond acceptors (Lipinski definition) is 9. The van der Waals surface area contributed by atoms with Gasteiger partial charge in [0.2, 0.25) is 17.7 Å². The van der Waals surface area contributed by atoms with Gasteiger partial charge in [-0.3, -0.25) is 48.7 Å². The Morgan fingerprint density at radius 3 is 2.20 bits per heavy atom. The number of amides is 7. The van der Waals surface area contributed by atoms with Gasteiger partial charge in [0.15, 0.2) is 0 Å². The van der Waals surface area contributed by atoms with E-state index in [2.05, 4.69) is 36.8 Å². The van der Waals surface area contributed by atoms with Crippen molar-refractivity contribution in [3.63, 3.8) is 0 Å². The van der Waals surface area contributed by atoms with Crippen LogP contribution in [-0.2, 0) is 39.6 Å². The molecule has 1 unspecified atom stereocenters. The molecule has 1 saturated carbocycles. The van der Waals surface area contributed by atoms with Crippen LogP contribution < -0.4 is 21.3 Å². The molecule has 4 aromatic rings. The minimum absolute atomic E-state index is 0.00552. The summed E-state index contributed by atoms with van der Waals surface area (Å²) in [5.74, 6) is -2.20. The van der Waals surface area contributed by atoms with Crippen LogP contribution in [0.4, 0.5) is 11.4 Å². The SMILES string of the molecule is CN(C)C(=O)c1ccc(CN2CCn3c(C(=O)NCc4ccc(NC(=O)CCCCCCCCCNc5cccc6c5C(=O)N(C5CCC(=O)NC5=O)C6=O)cc4)ccc3C23CCC3)cc1. The van der Waals surface area contributed by atoms with Gasteiger partial charge in [-0.25, -0.2) is 0 Å². The second-order valence-corrected chi connectivity index (χ2v) is 18.2. The smallest absolute Gasteiger partial charge is 0.268 e. The van der Waals surface area contributed by atoms with E-state index < -0.39 is 29.7 Å². The molecule has 4 aliphatic rings. The highest BCUT2D eigenvalue weighted by Gasteiger charge is 2.49. The Labute approximate surface area is 385 Å². The number of piperidine rings is 1. The second kappa shape index (κ2) is 20.3. The Balaban J connectivity index is 0.701. The highest BCUT2D eigenvalue weighted by Crippen LogP contribution is 2.49. The van der Waals surface area contributed by atoms with E-state index >= 15 is 0 Å². The second-order valence-electron chi connectivity index (χ2n) is 18.2. The fraction of sp³-hybridized carbons (Fsp3) is 0.431. The fourth-order valence-corrected chi connectivity index (χ4v) is 9.84. The van der Waals surface area contributed by atoms with Crippen LogP contribution in [0.1, 0.15) is 142 Å². The van der Waals surface area contributed by atoms with Gasteiger partial charge >= 0.3 is 0 Å². The van der Waals surface area contributed by atoms with Gasteiger partial charge in [-0.05, 0) is 98.2 Å². The molecule has 1 saturated heterocycles.